The predicted molar refractivity (Wildman–Crippen MR) is 131 cm³/mol. The Balaban J connectivity index is 2.30. The number of nitrogens with zero attached hydrogens (tertiary/aromatic N) is 2. The van der Waals surface area contributed by atoms with Gasteiger partial charge in [0.05, 0.1) is 24.2 Å². The van der Waals surface area contributed by atoms with E-state index in [-0.39, 0.29) is 6.04 Å². The van der Waals surface area contributed by atoms with Crippen LogP contribution in [-0.4, -0.2) is 29.1 Å². The molecule has 4 nitrogen and oxygen atoms in total. The summed E-state index contributed by atoms with van der Waals surface area (Å²) in [6.45, 7) is 13.4. The first kappa shape index (κ1) is 24.3. The molecule has 0 fully saturated rings. The zero-order valence-electron chi connectivity index (χ0n) is 19.2. The van der Waals surface area contributed by atoms with Gasteiger partial charge in [0.1, 0.15) is 12.1 Å². The Morgan fingerprint density at radius 1 is 1.29 bits per heavy atom. The van der Waals surface area contributed by atoms with Crippen molar-refractivity contribution >= 4 is 22.9 Å². The number of allylic oxidation sites excluding steroid dienone is 6. The summed E-state index contributed by atoms with van der Waals surface area (Å²) in [5.74, 6) is 0.865. The highest BCUT2D eigenvalue weighted by Crippen LogP contribution is 2.28. The minimum Gasteiger partial charge on any atom is -0.373 e. The number of ether oxygens (including phenoxy) is 1. The molecule has 2 aromatic rings. The number of imidazole rings is 1. The third-order valence-corrected chi connectivity index (χ3v) is 5.06. The maximum Gasteiger partial charge on any atom is 0.150 e. The van der Waals surface area contributed by atoms with Crippen molar-refractivity contribution in [1.29, 1.82) is 0 Å². The van der Waals surface area contributed by atoms with Gasteiger partial charge in [-0.15, -0.1) is 0 Å². The van der Waals surface area contributed by atoms with Gasteiger partial charge in [0, 0.05) is 17.2 Å². The molecule has 0 amide bonds. The highest BCUT2D eigenvalue weighted by molar-refractivity contribution is 5.88. The lowest BCUT2D eigenvalue weighted by Gasteiger charge is -2.16. The van der Waals surface area contributed by atoms with Gasteiger partial charge in [-0.1, -0.05) is 63.0 Å². The summed E-state index contributed by atoms with van der Waals surface area (Å²) in [7, 11) is 0. The third-order valence-electron chi connectivity index (χ3n) is 5.06. The van der Waals surface area contributed by atoms with Crippen molar-refractivity contribution in [2.45, 2.75) is 46.6 Å². The number of aldehydes is 1. The molecule has 0 saturated carbocycles. The average Bonchev–Trinajstić information content (AvgIpc) is 3.16. The Morgan fingerprint density at radius 2 is 2.10 bits per heavy atom. The molecule has 1 heterocycles. The number of carbonyl (C=O) groups is 1. The van der Waals surface area contributed by atoms with Crippen LogP contribution in [0.1, 0.15) is 62.8 Å². The van der Waals surface area contributed by atoms with E-state index in [1.54, 1.807) is 6.08 Å². The number of fused-ring (bicyclic) bond motifs is 1. The molecule has 0 radical (unpaired) electrons. The first-order valence-corrected chi connectivity index (χ1v) is 11.0. The Hall–Kier alpha value is -2.98. The van der Waals surface area contributed by atoms with Crippen molar-refractivity contribution < 1.29 is 9.53 Å². The van der Waals surface area contributed by atoms with E-state index < -0.39 is 0 Å². The number of aromatic nitrogens is 2. The van der Waals surface area contributed by atoms with E-state index in [0.29, 0.717) is 18.8 Å². The smallest absolute Gasteiger partial charge is 0.150 e. The molecule has 1 aromatic heterocycles. The monoisotopic (exact) mass is 418 g/mol. The Kier molecular flexibility index (Phi) is 9.92. The minimum atomic E-state index is 0.266. The number of benzene rings is 1. The van der Waals surface area contributed by atoms with Gasteiger partial charge in [-0.05, 0) is 50.5 Å². The van der Waals surface area contributed by atoms with Crippen LogP contribution in [0.25, 0.3) is 16.6 Å². The molecule has 4 heteroatoms. The molecule has 0 spiro atoms. The summed E-state index contributed by atoms with van der Waals surface area (Å²) in [5, 5.41) is 0. The zero-order chi connectivity index (χ0) is 22.6. The Morgan fingerprint density at radius 3 is 2.74 bits per heavy atom. The second-order valence-electron chi connectivity index (χ2n) is 7.39. The molecular formula is C27H34N2O2. The first-order chi connectivity index (χ1) is 15.1. The van der Waals surface area contributed by atoms with E-state index in [2.05, 4.69) is 44.1 Å². The SMILES string of the molecule is C=C/C=C(\C=C/COCC(/C=C\C)=C/CC)c1nc2cc(C=O)ccc2n1C(C)CC. The summed E-state index contributed by atoms with van der Waals surface area (Å²) >= 11 is 0. The first-order valence-electron chi connectivity index (χ1n) is 11.0. The molecule has 1 atom stereocenters. The summed E-state index contributed by atoms with van der Waals surface area (Å²) < 4.78 is 8.06. The lowest BCUT2D eigenvalue weighted by Crippen LogP contribution is -2.08. The molecule has 0 aliphatic carbocycles. The standard InChI is InChI=1S/C27H34N2O2/c1-6-11-22(12-7-2)20-31-17-10-14-24(13-8-3)27-28-25-18-23(19-30)15-16-26(25)29(27)21(5)9-4/h6,8,10-16,18-19,21H,3,7,9,17,20H2,1-2,4-5H3/b11-6-,14-10-,22-12+,24-13+. The molecule has 0 N–H and O–H groups in total. The summed E-state index contributed by atoms with van der Waals surface area (Å²) in [5.41, 5.74) is 4.61. The van der Waals surface area contributed by atoms with Crippen LogP contribution in [0, 0.1) is 0 Å². The van der Waals surface area contributed by atoms with Gasteiger partial charge >= 0.3 is 0 Å². The van der Waals surface area contributed by atoms with Crippen molar-refractivity contribution in [1.82, 2.24) is 9.55 Å². The molecule has 2 rings (SSSR count). The zero-order valence-corrected chi connectivity index (χ0v) is 19.2. The van der Waals surface area contributed by atoms with Crippen LogP contribution in [0.2, 0.25) is 0 Å². The fourth-order valence-corrected chi connectivity index (χ4v) is 3.42. The fraction of sp³-hybridized carbons (Fsp3) is 0.333. The van der Waals surface area contributed by atoms with E-state index in [1.807, 2.05) is 49.4 Å². The largest absolute Gasteiger partial charge is 0.373 e. The predicted octanol–water partition coefficient (Wildman–Crippen LogP) is 6.87. The van der Waals surface area contributed by atoms with Crippen molar-refractivity contribution in [2.24, 2.45) is 0 Å². The van der Waals surface area contributed by atoms with Crippen LogP contribution in [0.15, 0.2) is 72.9 Å². The number of carbonyl (C=O) groups excluding carboxylic acids is 1. The fourth-order valence-electron chi connectivity index (χ4n) is 3.42. The van der Waals surface area contributed by atoms with Crippen molar-refractivity contribution in [2.75, 3.05) is 13.2 Å². The van der Waals surface area contributed by atoms with Crippen molar-refractivity contribution in [3.8, 4) is 0 Å². The minimum absolute atomic E-state index is 0.266. The summed E-state index contributed by atoms with van der Waals surface area (Å²) in [6, 6.07) is 5.92. The highest BCUT2D eigenvalue weighted by Gasteiger charge is 2.17. The molecule has 31 heavy (non-hydrogen) atoms. The van der Waals surface area contributed by atoms with Gasteiger partial charge < -0.3 is 9.30 Å². The Bertz CT molecular complexity index is 1010. The maximum atomic E-state index is 11.2. The van der Waals surface area contributed by atoms with E-state index >= 15 is 0 Å². The molecule has 0 aliphatic heterocycles. The van der Waals surface area contributed by atoms with Crippen LogP contribution in [0.5, 0.6) is 0 Å². The van der Waals surface area contributed by atoms with Gasteiger partial charge in [0.2, 0.25) is 0 Å². The van der Waals surface area contributed by atoms with Gasteiger partial charge in [-0.3, -0.25) is 4.79 Å². The molecular weight excluding hydrogens is 384 g/mol. The van der Waals surface area contributed by atoms with E-state index in [9.17, 15) is 4.79 Å². The van der Waals surface area contributed by atoms with Gasteiger partial charge in [-0.25, -0.2) is 4.98 Å². The van der Waals surface area contributed by atoms with E-state index in [1.165, 1.54) is 5.57 Å². The number of hydrogen-bond acceptors (Lipinski definition) is 3. The van der Waals surface area contributed by atoms with Crippen LogP contribution in [-0.2, 0) is 4.74 Å². The summed E-state index contributed by atoms with van der Waals surface area (Å²) in [6.07, 6.45) is 16.9. The van der Waals surface area contributed by atoms with E-state index in [4.69, 9.17) is 9.72 Å². The van der Waals surface area contributed by atoms with Gasteiger partial charge in [0.15, 0.2) is 0 Å². The Labute approximate surface area is 186 Å². The van der Waals surface area contributed by atoms with Gasteiger partial charge in [0.25, 0.3) is 0 Å². The molecule has 0 saturated heterocycles. The van der Waals surface area contributed by atoms with Crippen LogP contribution < -0.4 is 0 Å². The van der Waals surface area contributed by atoms with Crippen LogP contribution >= 0.6 is 0 Å². The lowest BCUT2D eigenvalue weighted by atomic mass is 10.1. The summed E-state index contributed by atoms with van der Waals surface area (Å²) in [4.78, 5) is 16.1. The van der Waals surface area contributed by atoms with Crippen LogP contribution in [0.3, 0.4) is 0 Å². The van der Waals surface area contributed by atoms with Crippen molar-refractivity contribution in [3.05, 3.63) is 84.3 Å². The molecule has 1 unspecified atom stereocenters. The average molecular weight is 419 g/mol. The quantitative estimate of drug-likeness (QED) is 0.214. The number of hydrogen-bond donors (Lipinski definition) is 0. The molecule has 164 valence electrons. The maximum absolute atomic E-state index is 11.2. The molecule has 0 bridgehead atoms. The lowest BCUT2D eigenvalue weighted by molar-refractivity contribution is 0.112. The molecule has 1 aromatic carbocycles. The topological polar surface area (TPSA) is 44.1 Å². The second-order valence-corrected chi connectivity index (χ2v) is 7.39. The third kappa shape index (κ3) is 6.50. The van der Waals surface area contributed by atoms with E-state index in [0.717, 1.165) is 41.6 Å². The van der Waals surface area contributed by atoms with Crippen LogP contribution in [0.4, 0.5) is 0 Å². The van der Waals surface area contributed by atoms with Crippen molar-refractivity contribution in [3.63, 3.8) is 0 Å². The second kappa shape index (κ2) is 12.7. The normalized spacial score (nSPS) is 14.1. The highest BCUT2D eigenvalue weighted by atomic mass is 16.5. The van der Waals surface area contributed by atoms with Gasteiger partial charge in [-0.2, -0.15) is 0 Å². The molecule has 0 aliphatic rings. The number of rotatable bonds is 12.